The molecule has 0 aromatic carbocycles. The summed E-state index contributed by atoms with van der Waals surface area (Å²) in [6.07, 6.45) is 94.0. The smallest absolute Gasteiger partial charge is 0.306 e. The van der Waals surface area contributed by atoms with Gasteiger partial charge in [0.25, 0.3) is 0 Å². The summed E-state index contributed by atoms with van der Waals surface area (Å²) < 4.78 is 16.9. The first kappa shape index (κ1) is 79.8. The van der Waals surface area contributed by atoms with Crippen molar-refractivity contribution in [2.75, 3.05) is 13.2 Å². The maximum absolute atomic E-state index is 13.0. The lowest BCUT2D eigenvalue weighted by Gasteiger charge is -2.18. The van der Waals surface area contributed by atoms with Gasteiger partial charge in [-0.2, -0.15) is 0 Å². The van der Waals surface area contributed by atoms with Crippen LogP contribution in [-0.4, -0.2) is 37.2 Å². The van der Waals surface area contributed by atoms with E-state index in [1.54, 1.807) is 0 Å². The zero-order valence-electron chi connectivity index (χ0n) is 55.5. The minimum absolute atomic E-state index is 0.0938. The Balaban J connectivity index is 4.24. The molecule has 0 saturated heterocycles. The third-order valence-electron chi connectivity index (χ3n) is 16.2. The third kappa shape index (κ3) is 69.5. The molecule has 1 atom stereocenters. The molecule has 0 bridgehead atoms. The van der Waals surface area contributed by atoms with E-state index >= 15 is 0 Å². The zero-order chi connectivity index (χ0) is 59.9. The van der Waals surface area contributed by atoms with Crippen molar-refractivity contribution in [3.05, 3.63) is 72.9 Å². The Morgan fingerprint density at radius 2 is 0.494 bits per heavy atom. The lowest BCUT2D eigenvalue weighted by atomic mass is 10.0. The minimum Gasteiger partial charge on any atom is -0.462 e. The fourth-order valence-corrected chi connectivity index (χ4v) is 10.8. The number of rotatable bonds is 67. The first-order chi connectivity index (χ1) is 41.0. The molecule has 0 spiro atoms. The van der Waals surface area contributed by atoms with E-state index in [2.05, 4.69) is 87.6 Å². The van der Waals surface area contributed by atoms with Gasteiger partial charge < -0.3 is 14.2 Å². The molecular formula is C77H138O6. The van der Waals surface area contributed by atoms with E-state index in [9.17, 15) is 14.4 Å². The summed E-state index contributed by atoms with van der Waals surface area (Å²) in [6, 6.07) is 0. The number of carbonyl (C=O) groups excluding carboxylic acids is 3. The van der Waals surface area contributed by atoms with Gasteiger partial charge in [0.05, 0.1) is 0 Å². The zero-order valence-corrected chi connectivity index (χ0v) is 55.5. The molecule has 0 aromatic rings. The first-order valence-corrected chi connectivity index (χ1v) is 36.4. The molecular weight excluding hydrogens is 1020 g/mol. The van der Waals surface area contributed by atoms with Crippen molar-refractivity contribution in [3.8, 4) is 0 Å². The molecule has 83 heavy (non-hydrogen) atoms. The van der Waals surface area contributed by atoms with Gasteiger partial charge in [0.1, 0.15) is 13.2 Å². The largest absolute Gasteiger partial charge is 0.462 e. The second-order valence-electron chi connectivity index (χ2n) is 24.5. The minimum atomic E-state index is -0.805. The van der Waals surface area contributed by atoms with Crippen LogP contribution in [0.1, 0.15) is 380 Å². The van der Waals surface area contributed by atoms with Gasteiger partial charge in [0.15, 0.2) is 6.10 Å². The van der Waals surface area contributed by atoms with Gasteiger partial charge in [-0.25, -0.2) is 0 Å². The molecule has 0 radical (unpaired) electrons. The summed E-state index contributed by atoms with van der Waals surface area (Å²) in [4.78, 5) is 38.4. The van der Waals surface area contributed by atoms with E-state index in [4.69, 9.17) is 14.2 Å². The van der Waals surface area contributed by atoms with E-state index in [1.807, 2.05) is 6.08 Å². The van der Waals surface area contributed by atoms with Crippen LogP contribution in [0.5, 0.6) is 0 Å². The Morgan fingerprint density at radius 3 is 0.807 bits per heavy atom. The van der Waals surface area contributed by atoms with E-state index in [0.29, 0.717) is 19.3 Å². The maximum Gasteiger partial charge on any atom is 0.306 e. The van der Waals surface area contributed by atoms with Crippen LogP contribution < -0.4 is 0 Å². The van der Waals surface area contributed by atoms with Gasteiger partial charge in [-0.1, -0.05) is 357 Å². The van der Waals surface area contributed by atoms with E-state index in [0.717, 1.165) is 70.6 Å². The molecule has 1 unspecified atom stereocenters. The molecule has 0 aliphatic carbocycles. The molecule has 0 aromatic heterocycles. The van der Waals surface area contributed by atoms with Crippen molar-refractivity contribution >= 4 is 17.9 Å². The molecule has 0 N–H and O–H groups in total. The average molecular weight is 1160 g/mol. The third-order valence-corrected chi connectivity index (χ3v) is 16.2. The predicted octanol–water partition coefficient (Wildman–Crippen LogP) is 25.2. The lowest BCUT2D eigenvalue weighted by Crippen LogP contribution is -2.30. The summed E-state index contributed by atoms with van der Waals surface area (Å²) in [5.74, 6) is -0.958. The Kier molecular flexibility index (Phi) is 68.6. The van der Waals surface area contributed by atoms with Crippen LogP contribution in [0.2, 0.25) is 0 Å². The van der Waals surface area contributed by atoms with Gasteiger partial charge in [0.2, 0.25) is 0 Å². The number of hydrogen-bond acceptors (Lipinski definition) is 6. The topological polar surface area (TPSA) is 78.9 Å². The molecule has 0 fully saturated rings. The Bertz CT molecular complexity index is 1520. The number of unbranched alkanes of at least 4 members (excludes halogenated alkanes) is 44. The van der Waals surface area contributed by atoms with E-state index in [-0.39, 0.29) is 37.5 Å². The van der Waals surface area contributed by atoms with Crippen LogP contribution >= 0.6 is 0 Å². The molecule has 0 heterocycles. The number of allylic oxidation sites excluding steroid dienone is 12. The fraction of sp³-hybridized carbons (Fsp3) is 0.805. The van der Waals surface area contributed by atoms with Crippen molar-refractivity contribution in [2.45, 2.75) is 386 Å². The number of hydrogen-bond donors (Lipinski definition) is 0. The van der Waals surface area contributed by atoms with Gasteiger partial charge in [-0.15, -0.1) is 0 Å². The summed E-state index contributed by atoms with van der Waals surface area (Å²) in [5.41, 5.74) is 0. The van der Waals surface area contributed by atoms with Gasteiger partial charge in [-0.05, 0) is 77.0 Å². The molecule has 6 nitrogen and oxygen atoms in total. The standard InChI is InChI=1S/C77H138O6/c1-4-7-10-13-16-19-22-25-27-29-31-33-35-37-38-40-41-43-45-47-49-52-55-58-61-64-67-70-76(79)82-73-74(72-81-75(78)69-66-63-60-57-54-51-24-21-18-15-12-9-6-3)83-77(80)71-68-65-62-59-56-53-50-48-46-44-42-39-36-34-32-30-28-26-23-20-17-14-11-8-5-2/h9,12,18,21,23,26,30,32,51,54,60,63,74H,4-8,10-11,13-17,19-20,22,24-25,27-29,31,33-50,52-53,55-59,61-62,64-73H2,1-3H3/b12-9-,21-18-,26-23-,32-30-,54-51-,63-60-. The van der Waals surface area contributed by atoms with Crippen molar-refractivity contribution in [1.29, 1.82) is 0 Å². The Hall–Kier alpha value is -3.15. The van der Waals surface area contributed by atoms with Crippen LogP contribution in [0.4, 0.5) is 0 Å². The molecule has 0 rings (SSSR count). The van der Waals surface area contributed by atoms with Gasteiger partial charge in [0, 0.05) is 19.3 Å². The normalized spacial score (nSPS) is 12.5. The summed E-state index contributed by atoms with van der Waals surface area (Å²) >= 11 is 0. The van der Waals surface area contributed by atoms with Gasteiger partial charge in [-0.3, -0.25) is 14.4 Å². The molecule has 0 aliphatic rings. The highest BCUT2D eigenvalue weighted by Gasteiger charge is 2.19. The predicted molar refractivity (Wildman–Crippen MR) is 362 cm³/mol. The molecule has 6 heteroatoms. The quantitative estimate of drug-likeness (QED) is 0.0261. The Morgan fingerprint density at radius 1 is 0.253 bits per heavy atom. The van der Waals surface area contributed by atoms with Crippen LogP contribution in [0.3, 0.4) is 0 Å². The molecule has 0 aliphatic heterocycles. The highest BCUT2D eigenvalue weighted by atomic mass is 16.6. The summed E-state index contributed by atoms with van der Waals surface area (Å²) in [6.45, 7) is 6.51. The molecule has 0 saturated carbocycles. The highest BCUT2D eigenvalue weighted by Crippen LogP contribution is 2.19. The van der Waals surface area contributed by atoms with Crippen LogP contribution in [0.25, 0.3) is 0 Å². The second-order valence-corrected chi connectivity index (χ2v) is 24.5. The second kappa shape index (κ2) is 71.3. The molecule has 482 valence electrons. The van der Waals surface area contributed by atoms with E-state index in [1.165, 1.54) is 263 Å². The first-order valence-electron chi connectivity index (χ1n) is 36.4. The number of ether oxygens (including phenoxy) is 3. The van der Waals surface area contributed by atoms with Crippen molar-refractivity contribution < 1.29 is 28.6 Å². The Labute approximate surface area is 516 Å². The van der Waals surface area contributed by atoms with Crippen LogP contribution in [0.15, 0.2) is 72.9 Å². The van der Waals surface area contributed by atoms with Gasteiger partial charge >= 0.3 is 17.9 Å². The van der Waals surface area contributed by atoms with Crippen molar-refractivity contribution in [1.82, 2.24) is 0 Å². The fourth-order valence-electron chi connectivity index (χ4n) is 10.8. The lowest BCUT2D eigenvalue weighted by molar-refractivity contribution is -0.166. The maximum atomic E-state index is 13.0. The monoisotopic (exact) mass is 1160 g/mol. The van der Waals surface area contributed by atoms with Crippen LogP contribution in [0, 0.1) is 0 Å². The average Bonchev–Trinajstić information content (AvgIpc) is 3.49. The SMILES string of the molecule is CC/C=C\C/C=C\C/C=C\C/C=C\CCC(=O)OCC(COC(=O)CCCCCCCCCCCCCCCCCCCCCCCCCCCCC)OC(=O)CCCCCCCCCCCCCCC/C=C\C/C=C\CCCCCCC. The molecule has 0 amide bonds. The number of carbonyl (C=O) groups is 3. The summed E-state index contributed by atoms with van der Waals surface area (Å²) in [7, 11) is 0. The van der Waals surface area contributed by atoms with Crippen molar-refractivity contribution in [2.24, 2.45) is 0 Å². The van der Waals surface area contributed by atoms with Crippen molar-refractivity contribution in [3.63, 3.8) is 0 Å². The van der Waals surface area contributed by atoms with E-state index < -0.39 is 6.10 Å². The summed E-state index contributed by atoms with van der Waals surface area (Å²) in [5, 5.41) is 0. The van der Waals surface area contributed by atoms with Crippen LogP contribution in [-0.2, 0) is 28.6 Å². The number of esters is 3. The highest BCUT2D eigenvalue weighted by molar-refractivity contribution is 5.71.